The Hall–Kier alpha value is -2.16. The number of amides is 1. The summed E-state index contributed by atoms with van der Waals surface area (Å²) in [5, 5.41) is 12.2. The van der Waals surface area contributed by atoms with E-state index in [0.717, 1.165) is 43.0 Å². The van der Waals surface area contributed by atoms with Crippen molar-refractivity contribution in [2.45, 2.75) is 39.5 Å². The number of diazo groups is 1. The Kier molecular flexibility index (Phi) is 12.7. The van der Waals surface area contributed by atoms with E-state index in [9.17, 15) is 10.2 Å². The number of benzene rings is 2. The van der Waals surface area contributed by atoms with Crippen molar-refractivity contribution in [2.75, 3.05) is 18.5 Å². The molecule has 8 heteroatoms. The molecule has 6 nitrogen and oxygen atoms in total. The number of carbonyl (C=O) groups excluding carboxylic acids is 1. The molecule has 0 radical (unpaired) electrons. The monoisotopic (exact) mass is 467 g/mol. The van der Waals surface area contributed by atoms with Gasteiger partial charge in [0.15, 0.2) is 10.7 Å². The fourth-order valence-electron chi connectivity index (χ4n) is 2.40. The number of ether oxygens (including phenoxy) is 2. The second-order valence-electron chi connectivity index (χ2n) is 6.14. The standard InChI is InChI=1S/C21H25N3O3.ClH.Zn/c1-3-5-12-26-19-15-18(24-22)20(27-13-6-4-2)14-17(19)23-21(25)16-10-8-7-9-11-16;;/h7-11,14-15H,3-6,12-13H2,1-2H3;1H;. The van der Waals surface area contributed by atoms with Crippen molar-refractivity contribution in [3.63, 3.8) is 0 Å². The molecule has 0 aliphatic carbocycles. The molecule has 2 rings (SSSR count). The number of hydrogen-bond acceptors (Lipinski definition) is 4. The Balaban J connectivity index is 0.00000204. The van der Waals surface area contributed by atoms with Gasteiger partial charge in [-0.05, 0) is 25.0 Å². The number of nitrogens with one attached hydrogen (secondary N) is 1. The molecule has 0 saturated heterocycles. The van der Waals surface area contributed by atoms with Gasteiger partial charge in [0.25, 0.3) is 5.91 Å². The summed E-state index contributed by atoms with van der Waals surface area (Å²) in [5.41, 5.74) is 1.30. The minimum atomic E-state index is -0.246. The molecular weight excluding hydrogens is 443 g/mol. The summed E-state index contributed by atoms with van der Waals surface area (Å²) < 4.78 is 11.5. The Morgan fingerprint density at radius 1 is 1.03 bits per heavy atom. The van der Waals surface area contributed by atoms with Gasteiger partial charge in [0.1, 0.15) is 0 Å². The Morgan fingerprint density at radius 2 is 1.62 bits per heavy atom. The number of carbonyl (C=O) groups is 1. The van der Waals surface area contributed by atoms with E-state index >= 15 is 0 Å². The number of anilines is 1. The predicted molar refractivity (Wildman–Crippen MR) is 112 cm³/mol. The number of nitrogens with zero attached hydrogens (tertiary/aromatic N) is 2. The van der Waals surface area contributed by atoms with Crippen LogP contribution in [-0.2, 0) is 17.3 Å². The topological polar surface area (TPSA) is 75.7 Å². The van der Waals surface area contributed by atoms with Crippen LogP contribution in [0.5, 0.6) is 11.5 Å². The molecule has 152 valence electrons. The summed E-state index contributed by atoms with van der Waals surface area (Å²) in [7, 11) is 4.76. The first kappa shape index (κ1) is 24.9. The van der Waals surface area contributed by atoms with Gasteiger partial charge in [0.2, 0.25) is 11.1 Å². The van der Waals surface area contributed by atoms with Gasteiger partial charge in [-0.25, -0.2) is 0 Å². The third-order valence-corrected chi connectivity index (χ3v) is 3.96. The molecule has 0 aliphatic rings. The summed E-state index contributed by atoms with van der Waals surface area (Å²) in [5.74, 6) is 0.602. The second-order valence-corrected chi connectivity index (χ2v) is 6.14. The van der Waals surface area contributed by atoms with Crippen LogP contribution >= 0.6 is 9.69 Å². The number of halogens is 1. The Labute approximate surface area is 186 Å². The van der Waals surface area contributed by atoms with Crippen LogP contribution in [0.3, 0.4) is 0 Å². The van der Waals surface area contributed by atoms with Crippen LogP contribution in [0, 0.1) is 5.39 Å². The SMILES string of the molecule is CCCCOc1cc(NC(=O)c2ccccc2)c(OCCCC)cc1[N+]#N.[Cl][Zn-]. The van der Waals surface area contributed by atoms with Crippen LogP contribution in [0.25, 0.3) is 4.98 Å². The zero-order valence-electron chi connectivity index (χ0n) is 17.0. The fourth-order valence-corrected chi connectivity index (χ4v) is 2.40. The molecule has 0 saturated carbocycles. The summed E-state index contributed by atoms with van der Waals surface area (Å²) in [6.07, 6.45) is 3.74. The molecule has 0 aromatic heterocycles. The van der Waals surface area contributed by atoms with Crippen LogP contribution in [0.1, 0.15) is 49.9 Å². The third-order valence-electron chi connectivity index (χ3n) is 3.96. The molecule has 1 N–H and O–H groups in total. The van der Waals surface area contributed by atoms with E-state index in [0.29, 0.717) is 36.0 Å². The molecule has 0 unspecified atom stereocenters. The van der Waals surface area contributed by atoms with E-state index in [1.807, 2.05) is 6.07 Å². The van der Waals surface area contributed by atoms with Crippen molar-refractivity contribution in [1.29, 1.82) is 5.39 Å². The van der Waals surface area contributed by atoms with E-state index in [1.165, 1.54) is 0 Å². The van der Waals surface area contributed by atoms with Crippen LogP contribution in [-0.4, -0.2) is 19.1 Å². The number of hydrogen-bond donors (Lipinski definition) is 1. The molecular formula is C21H26ClN3O3Zn. The maximum atomic E-state index is 12.5. The van der Waals surface area contributed by atoms with Crippen molar-refractivity contribution in [3.8, 4) is 11.5 Å². The van der Waals surface area contributed by atoms with Crippen molar-refractivity contribution in [3.05, 3.63) is 53.0 Å². The molecule has 1 amide bonds. The van der Waals surface area contributed by atoms with Gasteiger partial charge >= 0.3 is 32.7 Å². The summed E-state index contributed by atoms with van der Waals surface area (Å²) in [6.45, 7) is 5.14. The van der Waals surface area contributed by atoms with Crippen molar-refractivity contribution in [1.82, 2.24) is 0 Å². The minimum absolute atomic E-state index is 0.246. The maximum absolute atomic E-state index is 12.5. The molecule has 0 bridgehead atoms. The first-order valence-corrected chi connectivity index (χ1v) is 13.5. The van der Waals surface area contributed by atoms with Crippen molar-refractivity contribution >= 4 is 27.0 Å². The quantitative estimate of drug-likeness (QED) is 0.246. The molecule has 0 aliphatic heterocycles. The average molecular weight is 469 g/mol. The summed E-state index contributed by atoms with van der Waals surface area (Å²) in [4.78, 5) is 15.8. The predicted octanol–water partition coefficient (Wildman–Crippen LogP) is 6.47. The second kappa shape index (κ2) is 14.8. The van der Waals surface area contributed by atoms with Gasteiger partial charge in [-0.2, -0.15) is 0 Å². The van der Waals surface area contributed by atoms with Crippen LogP contribution in [0.2, 0.25) is 0 Å². The van der Waals surface area contributed by atoms with Gasteiger partial charge in [0, 0.05) is 11.6 Å². The van der Waals surface area contributed by atoms with Gasteiger partial charge in [0.05, 0.1) is 25.0 Å². The van der Waals surface area contributed by atoms with Gasteiger partial charge in [-0.15, -0.1) is 0 Å². The third kappa shape index (κ3) is 8.39. The fraction of sp³-hybridized carbons (Fsp3) is 0.381. The van der Waals surface area contributed by atoms with Crippen molar-refractivity contribution in [2.24, 2.45) is 0 Å². The summed E-state index contributed by atoms with van der Waals surface area (Å²) >= 11 is 0.847. The van der Waals surface area contributed by atoms with E-state index < -0.39 is 0 Å². The first-order chi connectivity index (χ1) is 14.2. The van der Waals surface area contributed by atoms with Crippen LogP contribution in [0.4, 0.5) is 11.4 Å². The zero-order chi connectivity index (χ0) is 21.5. The molecule has 0 heterocycles. The van der Waals surface area contributed by atoms with Crippen LogP contribution < -0.4 is 14.8 Å². The van der Waals surface area contributed by atoms with Gasteiger partial charge < -0.3 is 14.8 Å². The Morgan fingerprint density at radius 3 is 2.17 bits per heavy atom. The van der Waals surface area contributed by atoms with Gasteiger partial charge in [-0.1, -0.05) is 44.9 Å². The van der Waals surface area contributed by atoms with Gasteiger partial charge in [-0.3, -0.25) is 4.79 Å². The first-order valence-electron chi connectivity index (χ1n) is 9.61. The van der Waals surface area contributed by atoms with E-state index in [-0.39, 0.29) is 11.6 Å². The number of rotatable bonds is 10. The molecule has 2 aromatic carbocycles. The normalized spacial score (nSPS) is 9.55. The van der Waals surface area contributed by atoms with Crippen LogP contribution in [0.15, 0.2) is 42.5 Å². The molecule has 0 spiro atoms. The molecule has 29 heavy (non-hydrogen) atoms. The summed E-state index contributed by atoms with van der Waals surface area (Å²) in [6, 6.07) is 12.2. The molecule has 0 atom stereocenters. The van der Waals surface area contributed by atoms with E-state index in [4.69, 9.17) is 19.2 Å². The average Bonchev–Trinajstić information content (AvgIpc) is 2.77. The number of unbranched alkanes of at least 4 members (excludes halogenated alkanes) is 2. The van der Waals surface area contributed by atoms with E-state index in [2.05, 4.69) is 24.1 Å². The molecule has 0 fully saturated rings. The zero-order valence-corrected chi connectivity index (χ0v) is 20.7. The van der Waals surface area contributed by atoms with Crippen molar-refractivity contribution < 1.29 is 31.6 Å². The van der Waals surface area contributed by atoms with E-state index in [1.54, 1.807) is 36.4 Å². The molecule has 2 aromatic rings. The Bertz CT molecular complexity index is 798.